The zero-order valence-electron chi connectivity index (χ0n) is 12.1. The fourth-order valence-electron chi connectivity index (χ4n) is 3.07. The molecule has 19 heavy (non-hydrogen) atoms. The summed E-state index contributed by atoms with van der Waals surface area (Å²) in [6.07, 6.45) is 1.02. The maximum absolute atomic E-state index is 6.09. The Bertz CT molecular complexity index is 747. The molecule has 0 unspecified atom stereocenters. The fraction of sp³-hybridized carbons (Fsp3) is 0.333. The molecular formula is C18H20O. The second-order valence-corrected chi connectivity index (χ2v) is 5.55. The highest BCUT2D eigenvalue weighted by atomic mass is 16.3. The molecule has 0 spiro atoms. The first kappa shape index (κ1) is 12.3. The zero-order valence-corrected chi connectivity index (χ0v) is 12.1. The van der Waals surface area contributed by atoms with Crippen LogP contribution in [0, 0.1) is 6.92 Å². The van der Waals surface area contributed by atoms with Crippen molar-refractivity contribution in [2.75, 3.05) is 0 Å². The van der Waals surface area contributed by atoms with Gasteiger partial charge in [-0.25, -0.2) is 0 Å². The summed E-state index contributed by atoms with van der Waals surface area (Å²) in [4.78, 5) is 0. The summed E-state index contributed by atoms with van der Waals surface area (Å²) in [5.74, 6) is 0.545. The molecular weight excluding hydrogens is 232 g/mol. The monoisotopic (exact) mass is 252 g/mol. The first-order chi connectivity index (χ1) is 9.13. The van der Waals surface area contributed by atoms with Crippen LogP contribution < -0.4 is 0 Å². The summed E-state index contributed by atoms with van der Waals surface area (Å²) < 4.78 is 6.09. The van der Waals surface area contributed by atoms with Crippen molar-refractivity contribution in [2.45, 2.75) is 40.0 Å². The minimum Gasteiger partial charge on any atom is -0.456 e. The van der Waals surface area contributed by atoms with Crippen molar-refractivity contribution >= 4 is 21.9 Å². The van der Waals surface area contributed by atoms with Crippen molar-refractivity contribution in [1.29, 1.82) is 0 Å². The number of aryl methyl sites for hydroxylation is 1. The number of para-hydroxylation sites is 1. The van der Waals surface area contributed by atoms with Crippen molar-refractivity contribution in [2.24, 2.45) is 0 Å². The summed E-state index contributed by atoms with van der Waals surface area (Å²) in [5, 5.41) is 2.50. The number of fused-ring (bicyclic) bond motifs is 3. The minimum atomic E-state index is 0.545. The van der Waals surface area contributed by atoms with Crippen molar-refractivity contribution < 1.29 is 4.42 Å². The Balaban J connectivity index is 2.50. The van der Waals surface area contributed by atoms with E-state index in [1.54, 1.807) is 0 Å². The van der Waals surface area contributed by atoms with Crippen molar-refractivity contribution in [3.05, 3.63) is 47.0 Å². The third kappa shape index (κ3) is 1.76. The first-order valence-corrected chi connectivity index (χ1v) is 7.07. The highest BCUT2D eigenvalue weighted by molar-refractivity contribution is 6.06. The third-order valence-electron chi connectivity index (χ3n) is 4.07. The van der Waals surface area contributed by atoms with Gasteiger partial charge in [-0.05, 0) is 48.1 Å². The normalized spacial score (nSPS) is 11.8. The van der Waals surface area contributed by atoms with Crippen molar-refractivity contribution in [1.82, 2.24) is 0 Å². The second-order valence-electron chi connectivity index (χ2n) is 5.55. The lowest BCUT2D eigenvalue weighted by molar-refractivity contribution is 0.662. The van der Waals surface area contributed by atoms with Gasteiger partial charge >= 0.3 is 0 Å². The summed E-state index contributed by atoms with van der Waals surface area (Å²) in [6.45, 7) is 8.95. The van der Waals surface area contributed by atoms with Gasteiger partial charge in [0.25, 0.3) is 0 Å². The molecule has 3 rings (SSSR count). The van der Waals surface area contributed by atoms with Crippen LogP contribution in [0.25, 0.3) is 21.9 Å². The molecule has 0 N–H and O–H groups in total. The molecule has 0 aliphatic carbocycles. The van der Waals surface area contributed by atoms with Crippen LogP contribution in [0.15, 0.2) is 34.7 Å². The summed E-state index contributed by atoms with van der Waals surface area (Å²) in [6, 6.07) is 10.6. The van der Waals surface area contributed by atoms with Crippen LogP contribution in [0.1, 0.15) is 43.4 Å². The SMILES string of the molecule is CCc1c(C)c(C(C)C)cc2c1oc1ccccc12. The average molecular weight is 252 g/mol. The van der Waals surface area contributed by atoms with Gasteiger partial charge in [0.2, 0.25) is 0 Å². The van der Waals surface area contributed by atoms with Crippen LogP contribution in [-0.2, 0) is 6.42 Å². The van der Waals surface area contributed by atoms with Crippen LogP contribution >= 0.6 is 0 Å². The first-order valence-electron chi connectivity index (χ1n) is 7.07. The van der Waals surface area contributed by atoms with Crippen molar-refractivity contribution in [3.63, 3.8) is 0 Å². The van der Waals surface area contributed by atoms with E-state index in [1.807, 2.05) is 6.07 Å². The summed E-state index contributed by atoms with van der Waals surface area (Å²) in [5.41, 5.74) is 6.26. The Kier molecular flexibility index (Phi) is 2.85. The van der Waals surface area contributed by atoms with Gasteiger partial charge in [0, 0.05) is 10.8 Å². The largest absolute Gasteiger partial charge is 0.456 e. The summed E-state index contributed by atoms with van der Waals surface area (Å²) >= 11 is 0. The number of furan rings is 1. The van der Waals surface area contributed by atoms with E-state index >= 15 is 0 Å². The van der Waals surface area contributed by atoms with E-state index < -0.39 is 0 Å². The molecule has 0 saturated heterocycles. The van der Waals surface area contributed by atoms with Crippen LogP contribution in [0.4, 0.5) is 0 Å². The highest BCUT2D eigenvalue weighted by Gasteiger charge is 2.16. The lowest BCUT2D eigenvalue weighted by Gasteiger charge is -2.14. The Morgan fingerprint density at radius 3 is 2.53 bits per heavy atom. The molecule has 0 bridgehead atoms. The molecule has 1 heteroatoms. The molecule has 0 fully saturated rings. The minimum absolute atomic E-state index is 0.545. The van der Waals surface area contributed by atoms with Gasteiger partial charge in [-0.3, -0.25) is 0 Å². The van der Waals surface area contributed by atoms with E-state index in [4.69, 9.17) is 4.42 Å². The van der Waals surface area contributed by atoms with E-state index in [0.717, 1.165) is 17.6 Å². The molecule has 1 nitrogen and oxygen atoms in total. The molecule has 0 amide bonds. The predicted octanol–water partition coefficient (Wildman–Crippen LogP) is 5.58. The van der Waals surface area contributed by atoms with Gasteiger partial charge in [0.05, 0.1) is 0 Å². The smallest absolute Gasteiger partial charge is 0.138 e. The van der Waals surface area contributed by atoms with Crippen LogP contribution in [0.2, 0.25) is 0 Å². The molecule has 0 saturated carbocycles. The Morgan fingerprint density at radius 2 is 1.84 bits per heavy atom. The molecule has 0 aliphatic heterocycles. The molecule has 0 atom stereocenters. The Morgan fingerprint density at radius 1 is 1.11 bits per heavy atom. The fourth-order valence-corrected chi connectivity index (χ4v) is 3.07. The van der Waals surface area contributed by atoms with E-state index in [0.29, 0.717) is 5.92 Å². The molecule has 0 radical (unpaired) electrons. The number of benzene rings is 2. The van der Waals surface area contributed by atoms with E-state index in [1.165, 1.54) is 27.5 Å². The van der Waals surface area contributed by atoms with Gasteiger partial charge < -0.3 is 4.42 Å². The quantitative estimate of drug-likeness (QED) is 0.580. The molecule has 1 aromatic heterocycles. The average Bonchev–Trinajstić information content (AvgIpc) is 2.76. The highest BCUT2D eigenvalue weighted by Crippen LogP contribution is 2.36. The Hall–Kier alpha value is -1.76. The van der Waals surface area contributed by atoms with Gasteiger partial charge in [-0.1, -0.05) is 39.0 Å². The van der Waals surface area contributed by atoms with E-state index in [-0.39, 0.29) is 0 Å². The van der Waals surface area contributed by atoms with Gasteiger partial charge in [0.15, 0.2) is 0 Å². The molecule has 1 heterocycles. The van der Waals surface area contributed by atoms with E-state index in [9.17, 15) is 0 Å². The lowest BCUT2D eigenvalue weighted by Crippen LogP contribution is -1.97. The maximum Gasteiger partial charge on any atom is 0.138 e. The van der Waals surface area contributed by atoms with Gasteiger partial charge in [-0.15, -0.1) is 0 Å². The lowest BCUT2D eigenvalue weighted by atomic mass is 9.91. The zero-order chi connectivity index (χ0) is 13.6. The summed E-state index contributed by atoms with van der Waals surface area (Å²) in [7, 11) is 0. The number of hydrogen-bond acceptors (Lipinski definition) is 1. The van der Waals surface area contributed by atoms with Gasteiger partial charge in [0.1, 0.15) is 11.2 Å². The number of hydrogen-bond donors (Lipinski definition) is 0. The maximum atomic E-state index is 6.09. The van der Waals surface area contributed by atoms with Crippen LogP contribution in [-0.4, -0.2) is 0 Å². The van der Waals surface area contributed by atoms with Crippen LogP contribution in [0.5, 0.6) is 0 Å². The topological polar surface area (TPSA) is 13.1 Å². The standard InChI is InChI=1S/C18H20O/c1-5-13-12(4)15(11(2)3)10-16-14-8-6-7-9-17(14)19-18(13)16/h6-11H,5H2,1-4H3. The van der Waals surface area contributed by atoms with Gasteiger partial charge in [-0.2, -0.15) is 0 Å². The van der Waals surface area contributed by atoms with Crippen LogP contribution in [0.3, 0.4) is 0 Å². The van der Waals surface area contributed by atoms with E-state index in [2.05, 4.69) is 52.0 Å². The third-order valence-corrected chi connectivity index (χ3v) is 4.07. The number of rotatable bonds is 2. The Labute approximate surface area is 114 Å². The molecule has 98 valence electrons. The molecule has 0 aliphatic rings. The second kappa shape index (κ2) is 4.41. The molecule has 2 aromatic carbocycles. The van der Waals surface area contributed by atoms with Crippen molar-refractivity contribution in [3.8, 4) is 0 Å². The molecule has 3 aromatic rings. The predicted molar refractivity (Wildman–Crippen MR) is 81.9 cm³/mol.